The van der Waals surface area contributed by atoms with E-state index in [0.717, 1.165) is 24.1 Å². The monoisotopic (exact) mass is 455 g/mol. The van der Waals surface area contributed by atoms with Gasteiger partial charge in [-0.15, -0.1) is 11.3 Å². The van der Waals surface area contributed by atoms with E-state index >= 15 is 0 Å². The van der Waals surface area contributed by atoms with E-state index in [1.165, 1.54) is 11.3 Å². The number of carbonyl (C=O) groups is 2. The molecule has 4 rings (SSSR count). The normalized spacial score (nSPS) is 14.0. The predicted octanol–water partition coefficient (Wildman–Crippen LogP) is 5.22. The van der Waals surface area contributed by atoms with Crippen LogP contribution in [0.2, 0.25) is 5.02 Å². The number of nitrogens with one attached hydrogen (secondary N) is 2. The van der Waals surface area contributed by atoms with Gasteiger partial charge in [0.1, 0.15) is 23.1 Å². The molecule has 0 unspecified atom stereocenters. The number of benzene rings is 2. The predicted molar refractivity (Wildman–Crippen MR) is 122 cm³/mol. The van der Waals surface area contributed by atoms with E-state index in [9.17, 15) is 9.59 Å². The highest BCUT2D eigenvalue weighted by molar-refractivity contribution is 7.09. The van der Waals surface area contributed by atoms with Crippen molar-refractivity contribution in [1.29, 1.82) is 0 Å². The summed E-state index contributed by atoms with van der Waals surface area (Å²) in [5, 5.41) is 8.95. The summed E-state index contributed by atoms with van der Waals surface area (Å²) in [5.41, 5.74) is 2.07. The minimum atomic E-state index is -0.243. The van der Waals surface area contributed by atoms with E-state index < -0.39 is 0 Å². The number of aromatic nitrogens is 1. The van der Waals surface area contributed by atoms with Gasteiger partial charge in [0, 0.05) is 22.0 Å². The Bertz CT molecular complexity index is 1060. The second-order valence-corrected chi connectivity index (χ2v) is 8.83. The molecular formula is C23H22ClN3O3S. The Labute approximate surface area is 189 Å². The van der Waals surface area contributed by atoms with Crippen LogP contribution in [0.3, 0.4) is 0 Å². The van der Waals surface area contributed by atoms with Crippen LogP contribution in [0, 0.1) is 5.92 Å². The molecule has 6 nitrogen and oxygen atoms in total. The molecule has 1 aliphatic rings. The Morgan fingerprint density at radius 1 is 1.16 bits per heavy atom. The molecular weight excluding hydrogens is 434 g/mol. The second-order valence-electron chi connectivity index (χ2n) is 7.45. The maximum absolute atomic E-state index is 12.6. The first kappa shape index (κ1) is 21.3. The van der Waals surface area contributed by atoms with Gasteiger partial charge in [-0.05, 0) is 61.7 Å². The number of carbonyl (C=O) groups excluding carboxylic acids is 2. The number of hydrogen-bond donors (Lipinski definition) is 2. The van der Waals surface area contributed by atoms with Gasteiger partial charge in [0.15, 0.2) is 0 Å². The fourth-order valence-corrected chi connectivity index (χ4v) is 3.77. The van der Waals surface area contributed by atoms with E-state index in [1.807, 2.05) is 31.2 Å². The zero-order valence-corrected chi connectivity index (χ0v) is 18.5. The van der Waals surface area contributed by atoms with Crippen LogP contribution < -0.4 is 15.4 Å². The Hall–Kier alpha value is -2.90. The van der Waals surface area contributed by atoms with Crippen LogP contribution in [0.5, 0.6) is 5.75 Å². The lowest BCUT2D eigenvalue weighted by Gasteiger charge is -2.14. The molecule has 0 aliphatic heterocycles. The van der Waals surface area contributed by atoms with Crippen molar-refractivity contribution in [1.82, 2.24) is 10.3 Å². The fourth-order valence-electron chi connectivity index (χ4n) is 2.96. The minimum absolute atomic E-state index is 0.0773. The third kappa shape index (κ3) is 5.83. The van der Waals surface area contributed by atoms with Gasteiger partial charge in [-0.2, -0.15) is 0 Å². The number of nitrogens with zero attached hydrogens (tertiary/aromatic N) is 1. The topological polar surface area (TPSA) is 80.3 Å². The first-order valence-electron chi connectivity index (χ1n) is 10.0. The summed E-state index contributed by atoms with van der Waals surface area (Å²) in [6, 6.07) is 14.4. The molecule has 2 N–H and O–H groups in total. The molecule has 1 atom stereocenters. The van der Waals surface area contributed by atoms with Crippen LogP contribution in [-0.4, -0.2) is 16.8 Å². The molecule has 1 aliphatic carbocycles. The number of amides is 2. The van der Waals surface area contributed by atoms with E-state index in [1.54, 1.807) is 29.6 Å². The van der Waals surface area contributed by atoms with Gasteiger partial charge in [-0.25, -0.2) is 4.98 Å². The van der Waals surface area contributed by atoms with Gasteiger partial charge in [0.25, 0.3) is 5.91 Å². The molecule has 0 saturated heterocycles. The molecule has 3 aromatic rings. The molecule has 1 saturated carbocycles. The molecule has 1 heterocycles. The Balaban J connectivity index is 1.29. The van der Waals surface area contributed by atoms with Crippen LogP contribution in [0.4, 0.5) is 5.69 Å². The van der Waals surface area contributed by atoms with Gasteiger partial charge in [-0.1, -0.05) is 23.7 Å². The second kappa shape index (κ2) is 9.49. The number of hydrogen-bond acceptors (Lipinski definition) is 5. The van der Waals surface area contributed by atoms with E-state index in [0.29, 0.717) is 21.5 Å². The quantitative estimate of drug-likeness (QED) is 0.488. The third-order valence-corrected chi connectivity index (χ3v) is 6.01. The first-order chi connectivity index (χ1) is 15.0. The molecule has 8 heteroatoms. The van der Waals surface area contributed by atoms with E-state index in [4.69, 9.17) is 16.3 Å². The molecule has 0 spiro atoms. The van der Waals surface area contributed by atoms with Crippen LogP contribution >= 0.6 is 22.9 Å². The van der Waals surface area contributed by atoms with Crippen molar-refractivity contribution in [2.45, 2.75) is 32.4 Å². The SMILES string of the molecule is C[C@@H](NC(=O)c1csc(COc2ccc(Cl)cc2)n1)c1ccc(NC(=O)C2CC2)cc1. The summed E-state index contributed by atoms with van der Waals surface area (Å²) in [4.78, 5) is 28.8. The highest BCUT2D eigenvalue weighted by atomic mass is 35.5. The lowest BCUT2D eigenvalue weighted by molar-refractivity contribution is -0.117. The van der Waals surface area contributed by atoms with Gasteiger partial charge in [0.05, 0.1) is 6.04 Å². The smallest absolute Gasteiger partial charge is 0.271 e. The van der Waals surface area contributed by atoms with Crippen LogP contribution in [0.15, 0.2) is 53.9 Å². The average molecular weight is 456 g/mol. The summed E-state index contributed by atoms with van der Waals surface area (Å²) in [5.74, 6) is 0.689. The molecule has 2 amide bonds. The molecule has 1 fully saturated rings. The fraction of sp³-hybridized carbons (Fsp3) is 0.261. The lowest BCUT2D eigenvalue weighted by Crippen LogP contribution is -2.27. The van der Waals surface area contributed by atoms with E-state index in [2.05, 4.69) is 15.6 Å². The van der Waals surface area contributed by atoms with Crippen molar-refractivity contribution in [2.75, 3.05) is 5.32 Å². The summed E-state index contributed by atoms with van der Waals surface area (Å²) in [6.07, 6.45) is 1.94. The number of halogens is 1. The standard InChI is InChI=1S/C23H22ClN3O3S/c1-14(15-4-8-18(9-5-15)26-22(28)16-2-3-16)25-23(29)20-13-31-21(27-20)12-30-19-10-6-17(24)7-11-19/h4-11,13-14,16H,2-3,12H2,1H3,(H,25,29)(H,26,28)/t14-/m1/s1. The van der Waals surface area contributed by atoms with Crippen molar-refractivity contribution in [3.8, 4) is 5.75 Å². The van der Waals surface area contributed by atoms with Crippen LogP contribution in [-0.2, 0) is 11.4 Å². The molecule has 0 radical (unpaired) electrons. The molecule has 1 aromatic heterocycles. The maximum atomic E-state index is 12.6. The zero-order chi connectivity index (χ0) is 21.8. The number of rotatable bonds is 8. The number of thiazole rings is 1. The Kier molecular flexibility index (Phi) is 6.53. The van der Waals surface area contributed by atoms with Gasteiger partial charge in [0.2, 0.25) is 5.91 Å². The van der Waals surface area contributed by atoms with Crippen molar-refractivity contribution in [3.63, 3.8) is 0 Å². The van der Waals surface area contributed by atoms with E-state index in [-0.39, 0.29) is 30.4 Å². The molecule has 0 bridgehead atoms. The summed E-state index contributed by atoms with van der Waals surface area (Å²) in [6.45, 7) is 2.19. The Morgan fingerprint density at radius 2 is 1.87 bits per heavy atom. The van der Waals surface area contributed by atoms with Crippen molar-refractivity contribution < 1.29 is 14.3 Å². The van der Waals surface area contributed by atoms with Crippen molar-refractivity contribution >= 4 is 40.4 Å². The minimum Gasteiger partial charge on any atom is -0.486 e. The van der Waals surface area contributed by atoms with Crippen LogP contribution in [0.1, 0.15) is 46.9 Å². The summed E-state index contributed by atoms with van der Waals surface area (Å²) >= 11 is 7.24. The largest absolute Gasteiger partial charge is 0.486 e. The number of anilines is 1. The zero-order valence-electron chi connectivity index (χ0n) is 16.9. The number of ether oxygens (including phenoxy) is 1. The van der Waals surface area contributed by atoms with Crippen molar-refractivity contribution in [3.05, 3.63) is 75.2 Å². The third-order valence-electron chi connectivity index (χ3n) is 4.93. The molecule has 2 aromatic carbocycles. The average Bonchev–Trinajstić information content (AvgIpc) is 3.52. The Morgan fingerprint density at radius 3 is 2.55 bits per heavy atom. The lowest BCUT2D eigenvalue weighted by atomic mass is 10.1. The maximum Gasteiger partial charge on any atom is 0.271 e. The van der Waals surface area contributed by atoms with Crippen LogP contribution in [0.25, 0.3) is 0 Å². The van der Waals surface area contributed by atoms with Gasteiger partial charge >= 0.3 is 0 Å². The highest BCUT2D eigenvalue weighted by Gasteiger charge is 2.29. The molecule has 160 valence electrons. The van der Waals surface area contributed by atoms with Gasteiger partial charge < -0.3 is 15.4 Å². The van der Waals surface area contributed by atoms with Crippen molar-refractivity contribution in [2.24, 2.45) is 5.92 Å². The highest BCUT2D eigenvalue weighted by Crippen LogP contribution is 2.30. The summed E-state index contributed by atoms with van der Waals surface area (Å²) in [7, 11) is 0. The molecule has 31 heavy (non-hydrogen) atoms. The first-order valence-corrected chi connectivity index (χ1v) is 11.3. The van der Waals surface area contributed by atoms with Gasteiger partial charge in [-0.3, -0.25) is 9.59 Å². The summed E-state index contributed by atoms with van der Waals surface area (Å²) < 4.78 is 5.68.